The van der Waals surface area contributed by atoms with Gasteiger partial charge in [-0.3, -0.25) is 0 Å². The second-order valence-electron chi connectivity index (χ2n) is 6.97. The van der Waals surface area contributed by atoms with Crippen LogP contribution in [0.5, 0.6) is 0 Å². The summed E-state index contributed by atoms with van der Waals surface area (Å²) in [7, 11) is 3.51. The zero-order valence-corrected chi connectivity index (χ0v) is 14.8. The van der Waals surface area contributed by atoms with Crippen LogP contribution in [-0.2, 0) is 11.2 Å². The maximum atomic E-state index is 11.8. The van der Waals surface area contributed by atoms with Gasteiger partial charge in [-0.2, -0.15) is 0 Å². The molecular weight excluding hydrogens is 306 g/mol. The van der Waals surface area contributed by atoms with Gasteiger partial charge in [0.15, 0.2) is 0 Å². The van der Waals surface area contributed by atoms with E-state index in [0.717, 1.165) is 50.3 Å². The van der Waals surface area contributed by atoms with Crippen LogP contribution < -0.4 is 10.2 Å². The van der Waals surface area contributed by atoms with E-state index in [1.54, 1.807) is 19.0 Å². The molecule has 1 spiro atoms. The summed E-state index contributed by atoms with van der Waals surface area (Å²) in [6.45, 7) is 4.48. The van der Waals surface area contributed by atoms with Crippen molar-refractivity contribution in [3.63, 3.8) is 0 Å². The molecule has 3 rings (SSSR count). The molecule has 2 saturated heterocycles. The largest absolute Gasteiger partial charge is 0.373 e. The number of amides is 2. The number of anilines is 1. The van der Waals surface area contributed by atoms with Crippen LogP contribution in [0.3, 0.4) is 0 Å². The van der Waals surface area contributed by atoms with E-state index in [1.165, 1.54) is 0 Å². The predicted molar refractivity (Wildman–Crippen MR) is 92.2 cm³/mol. The topological polar surface area (TPSA) is 70.6 Å². The number of rotatable bonds is 3. The van der Waals surface area contributed by atoms with Crippen molar-refractivity contribution in [1.82, 2.24) is 20.2 Å². The Labute approximate surface area is 143 Å². The molecule has 7 nitrogen and oxygen atoms in total. The summed E-state index contributed by atoms with van der Waals surface area (Å²) in [6.07, 6.45) is 7.55. The molecule has 0 aromatic carbocycles. The number of nitrogens with one attached hydrogen (secondary N) is 1. The number of ether oxygens (including phenoxy) is 1. The van der Waals surface area contributed by atoms with Gasteiger partial charge in [-0.15, -0.1) is 0 Å². The van der Waals surface area contributed by atoms with Gasteiger partial charge in [-0.05, 0) is 31.2 Å². The molecule has 0 saturated carbocycles. The lowest BCUT2D eigenvalue weighted by Gasteiger charge is -2.38. The van der Waals surface area contributed by atoms with E-state index in [9.17, 15) is 4.79 Å². The Hall–Kier alpha value is -1.89. The van der Waals surface area contributed by atoms with Gasteiger partial charge in [-0.1, -0.05) is 6.92 Å². The third-order valence-electron chi connectivity index (χ3n) is 5.00. The van der Waals surface area contributed by atoms with Gasteiger partial charge in [0, 0.05) is 39.6 Å². The molecule has 132 valence electrons. The highest BCUT2D eigenvalue weighted by Crippen LogP contribution is 2.36. The number of aryl methyl sites for hydroxylation is 1. The van der Waals surface area contributed by atoms with Crippen LogP contribution in [0.2, 0.25) is 0 Å². The standard InChI is InChI=1S/C17H27N5O2/c1-4-13-10-18-15(19-11-13)22-7-5-17(6-8-22)9-14(12-24-17)20-16(23)21(2)3/h10-11,14H,4-9,12H2,1-3H3,(H,20,23)/t14-/m1/s1. The molecular formula is C17H27N5O2. The second-order valence-corrected chi connectivity index (χ2v) is 6.97. The van der Waals surface area contributed by atoms with Gasteiger partial charge >= 0.3 is 6.03 Å². The highest BCUT2D eigenvalue weighted by molar-refractivity contribution is 5.73. The number of urea groups is 1. The number of piperidine rings is 1. The molecule has 3 heterocycles. The minimum Gasteiger partial charge on any atom is -0.373 e. The number of carbonyl (C=O) groups is 1. The van der Waals surface area contributed by atoms with Crippen molar-refractivity contribution >= 4 is 12.0 Å². The molecule has 2 aliphatic rings. The first-order chi connectivity index (χ1) is 11.5. The molecule has 1 aromatic heterocycles. The fourth-order valence-electron chi connectivity index (χ4n) is 3.40. The number of aromatic nitrogens is 2. The summed E-state index contributed by atoms with van der Waals surface area (Å²) >= 11 is 0. The van der Waals surface area contributed by atoms with Crippen LogP contribution in [0.25, 0.3) is 0 Å². The minimum atomic E-state index is -0.107. The molecule has 0 aliphatic carbocycles. The third-order valence-corrected chi connectivity index (χ3v) is 5.00. The fraction of sp³-hybridized carbons (Fsp3) is 0.706. The summed E-state index contributed by atoms with van der Waals surface area (Å²) in [5.41, 5.74) is 1.05. The Morgan fingerprint density at radius 3 is 2.62 bits per heavy atom. The van der Waals surface area contributed by atoms with Crippen molar-refractivity contribution in [1.29, 1.82) is 0 Å². The maximum Gasteiger partial charge on any atom is 0.317 e. The Morgan fingerprint density at radius 2 is 2.04 bits per heavy atom. The summed E-state index contributed by atoms with van der Waals surface area (Å²) in [6, 6.07) is 0.0500. The molecule has 1 atom stereocenters. The number of nitrogens with zero attached hydrogens (tertiary/aromatic N) is 4. The van der Waals surface area contributed by atoms with Crippen LogP contribution in [0, 0.1) is 0 Å². The first kappa shape index (κ1) is 17.0. The van der Waals surface area contributed by atoms with Crippen molar-refractivity contribution in [2.75, 3.05) is 38.7 Å². The average Bonchev–Trinajstić information content (AvgIpc) is 2.98. The zero-order valence-electron chi connectivity index (χ0n) is 14.8. The van der Waals surface area contributed by atoms with Gasteiger partial charge in [0.05, 0.1) is 18.2 Å². The monoisotopic (exact) mass is 333 g/mol. The van der Waals surface area contributed by atoms with Gasteiger partial charge in [0.25, 0.3) is 0 Å². The van der Waals surface area contributed by atoms with Gasteiger partial charge in [0.2, 0.25) is 5.95 Å². The molecule has 7 heteroatoms. The molecule has 2 aliphatic heterocycles. The number of hydrogen-bond acceptors (Lipinski definition) is 5. The first-order valence-corrected chi connectivity index (χ1v) is 8.69. The van der Waals surface area contributed by atoms with Crippen molar-refractivity contribution in [3.8, 4) is 0 Å². The molecule has 1 N–H and O–H groups in total. The van der Waals surface area contributed by atoms with Gasteiger partial charge in [0.1, 0.15) is 0 Å². The second kappa shape index (κ2) is 6.93. The third kappa shape index (κ3) is 3.61. The summed E-state index contributed by atoms with van der Waals surface area (Å²) in [5.74, 6) is 0.803. The van der Waals surface area contributed by atoms with E-state index in [2.05, 4.69) is 27.1 Å². The van der Waals surface area contributed by atoms with E-state index in [0.29, 0.717) is 6.61 Å². The van der Waals surface area contributed by atoms with Crippen LogP contribution >= 0.6 is 0 Å². The Bertz CT molecular complexity index is 567. The summed E-state index contributed by atoms with van der Waals surface area (Å²) in [4.78, 5) is 24.5. The molecule has 2 fully saturated rings. The van der Waals surface area contributed by atoms with Crippen molar-refractivity contribution in [2.45, 2.75) is 44.2 Å². The highest BCUT2D eigenvalue weighted by atomic mass is 16.5. The number of hydrogen-bond donors (Lipinski definition) is 1. The number of carbonyl (C=O) groups excluding carboxylic acids is 1. The molecule has 0 unspecified atom stereocenters. The van der Waals surface area contributed by atoms with Crippen LogP contribution in [0.4, 0.5) is 10.7 Å². The van der Waals surface area contributed by atoms with E-state index in [4.69, 9.17) is 4.74 Å². The van der Waals surface area contributed by atoms with Crippen molar-refractivity contribution in [2.24, 2.45) is 0 Å². The molecule has 24 heavy (non-hydrogen) atoms. The summed E-state index contributed by atoms with van der Waals surface area (Å²) < 4.78 is 6.09. The van der Waals surface area contributed by atoms with Crippen molar-refractivity contribution < 1.29 is 9.53 Å². The lowest BCUT2D eigenvalue weighted by molar-refractivity contribution is -0.0151. The van der Waals surface area contributed by atoms with Crippen LogP contribution in [0.15, 0.2) is 12.4 Å². The van der Waals surface area contributed by atoms with E-state index in [1.807, 2.05) is 12.4 Å². The fourth-order valence-corrected chi connectivity index (χ4v) is 3.40. The van der Waals surface area contributed by atoms with Gasteiger partial charge in [-0.25, -0.2) is 14.8 Å². The zero-order chi connectivity index (χ0) is 17.2. The lowest BCUT2D eigenvalue weighted by Crippen LogP contribution is -2.46. The van der Waals surface area contributed by atoms with E-state index in [-0.39, 0.29) is 17.7 Å². The van der Waals surface area contributed by atoms with Crippen LogP contribution in [0.1, 0.15) is 31.7 Å². The maximum absolute atomic E-state index is 11.8. The normalized spacial score (nSPS) is 22.6. The van der Waals surface area contributed by atoms with E-state index >= 15 is 0 Å². The quantitative estimate of drug-likeness (QED) is 0.906. The molecule has 0 bridgehead atoms. The smallest absolute Gasteiger partial charge is 0.317 e. The highest BCUT2D eigenvalue weighted by Gasteiger charge is 2.43. The first-order valence-electron chi connectivity index (χ1n) is 8.69. The Kier molecular flexibility index (Phi) is 4.89. The van der Waals surface area contributed by atoms with Crippen molar-refractivity contribution in [3.05, 3.63) is 18.0 Å². The Balaban J connectivity index is 1.54. The minimum absolute atomic E-state index is 0.0532. The molecule has 0 radical (unpaired) electrons. The van der Waals surface area contributed by atoms with Crippen LogP contribution in [-0.4, -0.2) is 66.3 Å². The summed E-state index contributed by atoms with van der Waals surface area (Å²) in [5, 5.41) is 3.03. The van der Waals surface area contributed by atoms with Gasteiger partial charge < -0.3 is 19.9 Å². The predicted octanol–water partition coefficient (Wildman–Crippen LogP) is 1.44. The Morgan fingerprint density at radius 1 is 1.38 bits per heavy atom. The lowest BCUT2D eigenvalue weighted by atomic mass is 9.87. The average molecular weight is 333 g/mol. The SMILES string of the molecule is CCc1cnc(N2CCC3(CC2)C[C@@H](NC(=O)N(C)C)CO3)nc1. The van der Waals surface area contributed by atoms with E-state index < -0.39 is 0 Å². The molecule has 1 aromatic rings. The molecule has 2 amide bonds.